The Balaban J connectivity index is 0.00000288. The third-order valence-corrected chi connectivity index (χ3v) is 3.09. The summed E-state index contributed by atoms with van der Waals surface area (Å²) in [6.07, 6.45) is 0.806. The second-order valence-corrected chi connectivity index (χ2v) is 4.85. The lowest BCUT2D eigenvalue weighted by atomic mass is 10.2. The lowest BCUT2D eigenvalue weighted by molar-refractivity contribution is 0.305. The summed E-state index contributed by atoms with van der Waals surface area (Å²) in [5.41, 5.74) is 6.92. The summed E-state index contributed by atoms with van der Waals surface area (Å²) in [4.78, 5) is 4.20. The first-order valence-corrected chi connectivity index (χ1v) is 7.31. The van der Waals surface area contributed by atoms with Gasteiger partial charge < -0.3 is 15.8 Å². The van der Waals surface area contributed by atoms with Crippen LogP contribution in [0.15, 0.2) is 53.5 Å². The quantitative estimate of drug-likeness (QED) is 0.297. The Morgan fingerprint density at radius 3 is 2.58 bits per heavy atom. The molecule has 4 nitrogen and oxygen atoms in total. The summed E-state index contributed by atoms with van der Waals surface area (Å²) in [5.74, 6) is -1.05. The Hall–Kier alpha value is -1.90. The van der Waals surface area contributed by atoms with E-state index in [0.717, 1.165) is 18.6 Å². The maximum Gasteiger partial charge on any atom is 0.188 e. The molecular weight excluding hydrogens is 427 g/mol. The molecule has 0 heterocycles. The number of nitrogens with zero attached hydrogens (tertiary/aromatic N) is 1. The molecule has 0 radical (unpaired) electrons. The fourth-order valence-electron chi connectivity index (χ4n) is 1.94. The third-order valence-electron chi connectivity index (χ3n) is 3.09. The standard InChI is InChI=1S/C17H19F2N3O.HI/c18-14-6-7-16(15(19)12-14)23-11-10-22-17(20)21-9-8-13-4-2-1-3-5-13;/h1-7,12H,8-11H2,(H3,20,21,22);1H. The first kappa shape index (κ1) is 20.1. The van der Waals surface area contributed by atoms with Crippen LogP contribution in [0.25, 0.3) is 0 Å². The zero-order valence-electron chi connectivity index (χ0n) is 13.0. The summed E-state index contributed by atoms with van der Waals surface area (Å²) in [6, 6.07) is 13.2. The van der Waals surface area contributed by atoms with Gasteiger partial charge in [0.1, 0.15) is 12.4 Å². The Bertz CT molecular complexity index is 654. The number of nitrogens with one attached hydrogen (secondary N) is 1. The van der Waals surface area contributed by atoms with E-state index >= 15 is 0 Å². The number of aliphatic imine (C=N–C) groups is 1. The second-order valence-electron chi connectivity index (χ2n) is 4.85. The van der Waals surface area contributed by atoms with Crippen molar-refractivity contribution in [3.05, 3.63) is 65.7 Å². The zero-order valence-corrected chi connectivity index (χ0v) is 15.4. The third kappa shape index (κ3) is 7.12. The fraction of sp³-hybridized carbons (Fsp3) is 0.235. The Labute approximate surface area is 157 Å². The van der Waals surface area contributed by atoms with E-state index in [2.05, 4.69) is 10.3 Å². The number of benzene rings is 2. The molecule has 130 valence electrons. The fourth-order valence-corrected chi connectivity index (χ4v) is 1.94. The molecule has 0 aliphatic rings. The van der Waals surface area contributed by atoms with Crippen molar-refractivity contribution >= 4 is 29.9 Å². The van der Waals surface area contributed by atoms with Gasteiger partial charge in [-0.3, -0.25) is 4.99 Å². The van der Waals surface area contributed by atoms with Crippen LogP contribution < -0.4 is 15.8 Å². The van der Waals surface area contributed by atoms with Gasteiger partial charge in [0.05, 0.1) is 6.54 Å². The number of rotatable bonds is 7. The number of ether oxygens (including phenoxy) is 1. The van der Waals surface area contributed by atoms with Crippen LogP contribution in [-0.4, -0.2) is 25.7 Å². The molecule has 2 rings (SSSR count). The van der Waals surface area contributed by atoms with E-state index in [4.69, 9.17) is 10.5 Å². The van der Waals surface area contributed by atoms with Crippen LogP contribution in [0.1, 0.15) is 5.56 Å². The molecule has 0 unspecified atom stereocenters. The first-order chi connectivity index (χ1) is 11.1. The van der Waals surface area contributed by atoms with Crippen LogP contribution in [0.2, 0.25) is 0 Å². The highest BCUT2D eigenvalue weighted by Crippen LogP contribution is 2.17. The molecule has 0 amide bonds. The molecule has 0 aliphatic carbocycles. The van der Waals surface area contributed by atoms with Crippen molar-refractivity contribution in [1.29, 1.82) is 0 Å². The van der Waals surface area contributed by atoms with E-state index < -0.39 is 11.6 Å². The van der Waals surface area contributed by atoms with Crippen LogP contribution in [0.4, 0.5) is 8.78 Å². The molecule has 0 aromatic heterocycles. The van der Waals surface area contributed by atoms with Crippen LogP contribution in [-0.2, 0) is 6.42 Å². The highest BCUT2D eigenvalue weighted by Gasteiger charge is 2.04. The van der Waals surface area contributed by atoms with Gasteiger partial charge in [0.2, 0.25) is 0 Å². The van der Waals surface area contributed by atoms with Gasteiger partial charge in [0.25, 0.3) is 0 Å². The molecule has 3 N–H and O–H groups in total. The van der Waals surface area contributed by atoms with Crippen molar-refractivity contribution in [2.24, 2.45) is 10.7 Å². The number of halogens is 3. The first-order valence-electron chi connectivity index (χ1n) is 7.31. The van der Waals surface area contributed by atoms with Crippen molar-refractivity contribution in [1.82, 2.24) is 5.32 Å². The summed E-state index contributed by atoms with van der Waals surface area (Å²) in [7, 11) is 0. The average molecular weight is 447 g/mol. The van der Waals surface area contributed by atoms with Gasteiger partial charge in [-0.1, -0.05) is 30.3 Å². The molecule has 0 spiro atoms. The Morgan fingerprint density at radius 2 is 1.88 bits per heavy atom. The molecule has 24 heavy (non-hydrogen) atoms. The summed E-state index contributed by atoms with van der Waals surface area (Å²) < 4.78 is 31.3. The van der Waals surface area contributed by atoms with E-state index in [9.17, 15) is 8.78 Å². The van der Waals surface area contributed by atoms with Crippen molar-refractivity contribution in [3.63, 3.8) is 0 Å². The van der Waals surface area contributed by atoms with Crippen LogP contribution in [0.3, 0.4) is 0 Å². The van der Waals surface area contributed by atoms with Gasteiger partial charge in [0.15, 0.2) is 17.5 Å². The van der Waals surface area contributed by atoms with Crippen LogP contribution in [0, 0.1) is 11.6 Å². The van der Waals surface area contributed by atoms with E-state index in [1.165, 1.54) is 11.6 Å². The normalized spacial score (nSPS) is 10.8. The van der Waals surface area contributed by atoms with E-state index in [-0.39, 0.29) is 36.3 Å². The Kier molecular flexibility index (Phi) is 9.06. The minimum atomic E-state index is -0.727. The van der Waals surface area contributed by atoms with Crippen LogP contribution in [0.5, 0.6) is 5.75 Å². The van der Waals surface area contributed by atoms with Crippen molar-refractivity contribution < 1.29 is 13.5 Å². The number of hydrogen-bond donors (Lipinski definition) is 2. The molecule has 0 fully saturated rings. The van der Waals surface area contributed by atoms with Gasteiger partial charge in [-0.2, -0.15) is 0 Å². The van der Waals surface area contributed by atoms with Gasteiger partial charge in [-0.05, 0) is 24.1 Å². The largest absolute Gasteiger partial charge is 0.489 e. The molecular formula is C17H20F2IN3O. The maximum atomic E-state index is 13.3. The van der Waals surface area contributed by atoms with Gasteiger partial charge >= 0.3 is 0 Å². The highest BCUT2D eigenvalue weighted by atomic mass is 127. The average Bonchev–Trinajstić information content (AvgIpc) is 2.54. The minimum absolute atomic E-state index is 0. The number of nitrogens with two attached hydrogens (primary N) is 1. The maximum absolute atomic E-state index is 13.3. The minimum Gasteiger partial charge on any atom is -0.489 e. The Morgan fingerprint density at radius 1 is 1.12 bits per heavy atom. The monoisotopic (exact) mass is 447 g/mol. The van der Waals surface area contributed by atoms with E-state index in [1.54, 1.807) is 0 Å². The summed E-state index contributed by atoms with van der Waals surface area (Å²) >= 11 is 0. The van der Waals surface area contributed by atoms with Crippen LogP contribution >= 0.6 is 24.0 Å². The van der Waals surface area contributed by atoms with Crippen molar-refractivity contribution in [2.45, 2.75) is 6.42 Å². The SMILES string of the molecule is I.NC(=NCCc1ccccc1)NCCOc1ccc(F)cc1F. The van der Waals surface area contributed by atoms with Gasteiger partial charge in [-0.25, -0.2) is 8.78 Å². The lowest BCUT2D eigenvalue weighted by Crippen LogP contribution is -2.35. The molecule has 7 heteroatoms. The van der Waals surface area contributed by atoms with Crippen molar-refractivity contribution in [3.8, 4) is 5.75 Å². The van der Waals surface area contributed by atoms with Gasteiger partial charge in [0, 0.05) is 12.6 Å². The molecule has 0 atom stereocenters. The smallest absolute Gasteiger partial charge is 0.188 e. The lowest BCUT2D eigenvalue weighted by Gasteiger charge is -2.09. The molecule has 0 saturated carbocycles. The zero-order chi connectivity index (χ0) is 16.5. The number of hydrogen-bond acceptors (Lipinski definition) is 2. The summed E-state index contributed by atoms with van der Waals surface area (Å²) in [6.45, 7) is 1.14. The topological polar surface area (TPSA) is 59.6 Å². The summed E-state index contributed by atoms with van der Waals surface area (Å²) in [5, 5.41) is 2.88. The van der Waals surface area contributed by atoms with Crippen molar-refractivity contribution in [2.75, 3.05) is 19.7 Å². The molecule has 2 aromatic carbocycles. The number of guanidine groups is 1. The predicted molar refractivity (Wildman–Crippen MR) is 102 cm³/mol. The van der Waals surface area contributed by atoms with Gasteiger partial charge in [-0.15, -0.1) is 24.0 Å². The molecule has 0 aliphatic heterocycles. The second kappa shape index (κ2) is 10.8. The van der Waals surface area contributed by atoms with E-state index in [1.807, 2.05) is 30.3 Å². The molecule has 2 aromatic rings. The predicted octanol–water partition coefficient (Wildman–Crippen LogP) is 3.11. The molecule has 0 bridgehead atoms. The molecule has 0 saturated heterocycles. The highest BCUT2D eigenvalue weighted by molar-refractivity contribution is 14.0. The van der Waals surface area contributed by atoms with E-state index in [0.29, 0.717) is 19.0 Å².